The molecule has 1 atom stereocenters. The molecule has 3 heterocycles. The van der Waals surface area contributed by atoms with Crippen molar-refractivity contribution in [3.05, 3.63) is 30.1 Å². The third-order valence-corrected chi connectivity index (χ3v) is 4.58. The Morgan fingerprint density at radius 1 is 1.32 bits per heavy atom. The van der Waals surface area contributed by atoms with Crippen molar-refractivity contribution in [1.29, 1.82) is 0 Å². The summed E-state index contributed by atoms with van der Waals surface area (Å²) in [7, 11) is 1.58. The fourth-order valence-corrected chi connectivity index (χ4v) is 3.38. The van der Waals surface area contributed by atoms with E-state index in [9.17, 15) is 0 Å². The second-order valence-electron chi connectivity index (χ2n) is 6.49. The number of H-pyrrole nitrogens is 1. The molecular weight excluding hydrogens is 316 g/mol. The smallest absolute Gasteiger partial charge is 0.316 e. The zero-order chi connectivity index (χ0) is 17.4. The maximum absolute atomic E-state index is 5.25. The number of aryl methyl sites for hydroxylation is 1. The number of methoxy groups -OCH3 is 1. The number of ether oxygens (including phenoxy) is 1. The maximum atomic E-state index is 5.25. The quantitative estimate of drug-likeness (QED) is 0.762. The minimum absolute atomic E-state index is 0.367. The third-order valence-electron chi connectivity index (χ3n) is 4.58. The van der Waals surface area contributed by atoms with E-state index < -0.39 is 0 Å². The van der Waals surface area contributed by atoms with E-state index >= 15 is 0 Å². The van der Waals surface area contributed by atoms with E-state index in [1.807, 2.05) is 19.2 Å². The van der Waals surface area contributed by atoms with Crippen LogP contribution < -0.4 is 15.0 Å². The Kier molecular flexibility index (Phi) is 4.01. The van der Waals surface area contributed by atoms with Crippen molar-refractivity contribution >= 4 is 16.6 Å². The molecule has 0 amide bonds. The molecule has 0 saturated carbocycles. The van der Waals surface area contributed by atoms with Crippen molar-refractivity contribution < 1.29 is 4.74 Å². The minimum atomic E-state index is 0.367. The molecule has 1 saturated heterocycles. The van der Waals surface area contributed by atoms with Gasteiger partial charge >= 0.3 is 6.01 Å². The Morgan fingerprint density at radius 3 is 2.92 bits per heavy atom. The summed E-state index contributed by atoms with van der Waals surface area (Å²) < 4.78 is 5.25. The van der Waals surface area contributed by atoms with Crippen LogP contribution in [0.5, 0.6) is 6.01 Å². The highest BCUT2D eigenvalue weighted by Crippen LogP contribution is 2.34. The number of hydrogen-bond acceptors (Lipinski definition) is 6. The number of aromatic nitrogens is 4. The highest BCUT2D eigenvalue weighted by atomic mass is 16.5. The van der Waals surface area contributed by atoms with Gasteiger partial charge in [0, 0.05) is 54.2 Å². The van der Waals surface area contributed by atoms with Crippen LogP contribution in [0.1, 0.15) is 12.6 Å². The number of hydrogen-bond donors (Lipinski definition) is 2. The van der Waals surface area contributed by atoms with Gasteiger partial charge in [-0.05, 0) is 32.0 Å². The molecule has 25 heavy (non-hydrogen) atoms. The molecule has 0 bridgehead atoms. The van der Waals surface area contributed by atoms with Gasteiger partial charge in [-0.15, -0.1) is 0 Å². The molecule has 0 spiro atoms. The van der Waals surface area contributed by atoms with E-state index in [1.165, 1.54) is 0 Å². The third kappa shape index (κ3) is 2.91. The van der Waals surface area contributed by atoms with Crippen molar-refractivity contribution in [2.45, 2.75) is 19.9 Å². The predicted octanol–water partition coefficient (Wildman–Crippen LogP) is 2.14. The number of anilines is 1. The Hall–Kier alpha value is -2.67. The summed E-state index contributed by atoms with van der Waals surface area (Å²) in [6.45, 7) is 7.09. The lowest BCUT2D eigenvalue weighted by atomic mass is 10.0. The van der Waals surface area contributed by atoms with Crippen molar-refractivity contribution in [2.24, 2.45) is 0 Å². The number of benzene rings is 1. The largest absolute Gasteiger partial charge is 0.467 e. The predicted molar refractivity (Wildman–Crippen MR) is 98.1 cm³/mol. The maximum Gasteiger partial charge on any atom is 0.316 e. The van der Waals surface area contributed by atoms with Crippen molar-refractivity contribution in [2.75, 3.05) is 31.6 Å². The lowest BCUT2D eigenvalue weighted by Gasteiger charge is -2.34. The SMILES string of the molecule is COc1ncc2c(N3CCNC(C)C3)ccc(-c3cc(C)[nH]n3)c2n1. The first-order chi connectivity index (χ1) is 12.2. The van der Waals surface area contributed by atoms with Gasteiger partial charge in [0.2, 0.25) is 0 Å². The average Bonchev–Trinajstić information content (AvgIpc) is 3.06. The van der Waals surface area contributed by atoms with Crippen molar-refractivity contribution in [3.63, 3.8) is 0 Å². The first-order valence-electron chi connectivity index (χ1n) is 8.50. The minimum Gasteiger partial charge on any atom is -0.467 e. The van der Waals surface area contributed by atoms with Gasteiger partial charge in [0.15, 0.2) is 0 Å². The van der Waals surface area contributed by atoms with Crippen molar-refractivity contribution in [3.8, 4) is 17.3 Å². The van der Waals surface area contributed by atoms with Gasteiger partial charge in [-0.25, -0.2) is 4.98 Å². The van der Waals surface area contributed by atoms with Crippen LogP contribution in [0.25, 0.3) is 22.2 Å². The lowest BCUT2D eigenvalue weighted by Crippen LogP contribution is -2.49. The monoisotopic (exact) mass is 338 g/mol. The molecule has 0 radical (unpaired) electrons. The number of nitrogens with one attached hydrogen (secondary N) is 2. The van der Waals surface area contributed by atoms with Gasteiger partial charge in [0.05, 0.1) is 18.3 Å². The Labute approximate surface area is 146 Å². The van der Waals surface area contributed by atoms with E-state index in [0.717, 1.165) is 53.2 Å². The van der Waals surface area contributed by atoms with E-state index in [-0.39, 0.29) is 0 Å². The average molecular weight is 338 g/mol. The zero-order valence-electron chi connectivity index (χ0n) is 14.7. The number of aromatic amines is 1. The van der Waals surface area contributed by atoms with Crippen LogP contribution in [-0.4, -0.2) is 53.0 Å². The van der Waals surface area contributed by atoms with Gasteiger partial charge in [0.1, 0.15) is 0 Å². The van der Waals surface area contributed by atoms with Gasteiger partial charge in [-0.2, -0.15) is 10.1 Å². The number of fused-ring (bicyclic) bond motifs is 1. The fraction of sp³-hybridized carbons (Fsp3) is 0.389. The Morgan fingerprint density at radius 2 is 2.20 bits per heavy atom. The molecule has 2 N–H and O–H groups in total. The molecule has 1 aromatic carbocycles. The summed E-state index contributed by atoms with van der Waals surface area (Å²) >= 11 is 0. The van der Waals surface area contributed by atoms with Gasteiger partial charge < -0.3 is 15.0 Å². The molecule has 1 aliphatic rings. The van der Waals surface area contributed by atoms with E-state index in [2.05, 4.69) is 49.4 Å². The molecule has 2 aromatic heterocycles. The van der Waals surface area contributed by atoms with E-state index in [4.69, 9.17) is 4.74 Å². The molecule has 3 aromatic rings. The molecule has 1 aliphatic heterocycles. The zero-order valence-corrected chi connectivity index (χ0v) is 14.7. The molecule has 7 nitrogen and oxygen atoms in total. The normalized spacial score (nSPS) is 17.9. The molecule has 1 fully saturated rings. The summed E-state index contributed by atoms with van der Waals surface area (Å²) in [4.78, 5) is 11.3. The first kappa shape index (κ1) is 15.8. The molecular formula is C18H22N6O. The van der Waals surface area contributed by atoms with E-state index in [0.29, 0.717) is 12.1 Å². The van der Waals surface area contributed by atoms with Crippen LogP contribution in [0.4, 0.5) is 5.69 Å². The van der Waals surface area contributed by atoms with Crippen LogP contribution >= 0.6 is 0 Å². The van der Waals surface area contributed by atoms with Crippen LogP contribution in [0.3, 0.4) is 0 Å². The van der Waals surface area contributed by atoms with Gasteiger partial charge in [-0.3, -0.25) is 5.10 Å². The fourth-order valence-electron chi connectivity index (χ4n) is 3.38. The summed E-state index contributed by atoms with van der Waals surface area (Å²) in [6.07, 6.45) is 1.85. The van der Waals surface area contributed by atoms with Crippen molar-refractivity contribution in [1.82, 2.24) is 25.5 Å². The lowest BCUT2D eigenvalue weighted by molar-refractivity contribution is 0.382. The van der Waals surface area contributed by atoms with Gasteiger partial charge in [-0.1, -0.05) is 0 Å². The number of piperazine rings is 1. The van der Waals surface area contributed by atoms with Crippen LogP contribution in [0.15, 0.2) is 24.4 Å². The van der Waals surface area contributed by atoms with Crippen LogP contribution in [0, 0.1) is 6.92 Å². The van der Waals surface area contributed by atoms with Gasteiger partial charge in [0.25, 0.3) is 0 Å². The highest BCUT2D eigenvalue weighted by molar-refractivity contribution is 6.00. The number of nitrogens with zero attached hydrogens (tertiary/aromatic N) is 4. The van der Waals surface area contributed by atoms with Crippen LogP contribution in [-0.2, 0) is 0 Å². The summed E-state index contributed by atoms with van der Waals surface area (Å²) in [6, 6.07) is 7.08. The molecule has 130 valence electrons. The summed E-state index contributed by atoms with van der Waals surface area (Å²) in [5, 5.41) is 11.9. The van der Waals surface area contributed by atoms with Crippen LogP contribution in [0.2, 0.25) is 0 Å². The Balaban J connectivity index is 1.89. The number of rotatable bonds is 3. The van der Waals surface area contributed by atoms with E-state index in [1.54, 1.807) is 7.11 Å². The summed E-state index contributed by atoms with van der Waals surface area (Å²) in [5.74, 6) is 0. The second-order valence-corrected chi connectivity index (χ2v) is 6.49. The topological polar surface area (TPSA) is 79.0 Å². The Bertz CT molecular complexity index is 906. The molecule has 1 unspecified atom stereocenters. The second kappa shape index (κ2) is 6.33. The standard InChI is InChI=1S/C18H22N6O/c1-11-8-15(23-22-11)13-4-5-16(24-7-6-19-12(2)10-24)14-9-20-18(25-3)21-17(13)14/h4-5,8-9,12,19H,6-7,10H2,1-3H3,(H,22,23). The summed E-state index contributed by atoms with van der Waals surface area (Å²) in [5.41, 5.74) is 4.89. The molecule has 4 rings (SSSR count). The highest BCUT2D eigenvalue weighted by Gasteiger charge is 2.20. The molecule has 0 aliphatic carbocycles. The molecule has 7 heteroatoms. The first-order valence-corrected chi connectivity index (χ1v) is 8.50.